The Hall–Kier alpha value is -1.65. The lowest BCUT2D eigenvalue weighted by molar-refractivity contribution is -0.145. The van der Waals surface area contributed by atoms with Crippen LogP contribution in [-0.4, -0.2) is 9.78 Å². The number of terminal acetylenes is 1. The highest BCUT2D eigenvalue weighted by atomic mass is 19.4. The molecule has 0 aromatic carbocycles. The first-order chi connectivity index (χ1) is 8.48. The van der Waals surface area contributed by atoms with Crippen LogP contribution in [0, 0.1) is 18.3 Å². The fourth-order valence-corrected chi connectivity index (χ4v) is 1.71. The van der Waals surface area contributed by atoms with Gasteiger partial charge in [0.15, 0.2) is 5.69 Å². The number of hydrogen-bond donors (Lipinski definition) is 0. The third kappa shape index (κ3) is 3.22. The van der Waals surface area contributed by atoms with Crippen molar-refractivity contribution in [1.29, 1.82) is 0 Å². The van der Waals surface area contributed by atoms with Crippen molar-refractivity contribution in [1.82, 2.24) is 9.78 Å². The van der Waals surface area contributed by atoms with Crippen molar-refractivity contribution in [3.63, 3.8) is 0 Å². The van der Waals surface area contributed by atoms with Crippen molar-refractivity contribution < 1.29 is 26.3 Å². The summed E-state index contributed by atoms with van der Waals surface area (Å²) in [5.41, 5.74) is -3.86. The maximum Gasteiger partial charge on any atom is 0.435 e. The zero-order chi connectivity index (χ0) is 15.0. The second kappa shape index (κ2) is 4.79. The molecular formula is C11H10F6N2. The van der Waals surface area contributed by atoms with Crippen LogP contribution in [0.25, 0.3) is 0 Å². The Balaban J connectivity index is 3.48. The van der Waals surface area contributed by atoms with E-state index in [1.807, 2.05) is 0 Å². The minimum Gasteiger partial charge on any atom is -0.263 e. The van der Waals surface area contributed by atoms with Crippen molar-refractivity contribution in [2.24, 2.45) is 13.0 Å². The van der Waals surface area contributed by atoms with Crippen LogP contribution >= 0.6 is 0 Å². The molecular weight excluding hydrogens is 274 g/mol. The average Bonchev–Trinajstić information content (AvgIpc) is 2.54. The molecule has 1 heterocycles. The predicted molar refractivity (Wildman–Crippen MR) is 54.9 cm³/mol. The summed E-state index contributed by atoms with van der Waals surface area (Å²) in [6.07, 6.45) is -5.40. The topological polar surface area (TPSA) is 17.8 Å². The van der Waals surface area contributed by atoms with E-state index in [1.54, 1.807) is 0 Å². The summed E-state index contributed by atoms with van der Waals surface area (Å²) >= 11 is 0. The molecule has 1 aromatic rings. The summed E-state index contributed by atoms with van der Waals surface area (Å²) in [5.74, 6) is 1.35. The van der Waals surface area contributed by atoms with E-state index >= 15 is 0 Å². The number of aryl methyl sites for hydroxylation is 1. The zero-order valence-corrected chi connectivity index (χ0v) is 10.0. The molecule has 0 radical (unpaired) electrons. The van der Waals surface area contributed by atoms with Gasteiger partial charge in [-0.3, -0.25) is 4.68 Å². The monoisotopic (exact) mass is 284 g/mol. The van der Waals surface area contributed by atoms with Gasteiger partial charge in [-0.05, 0) is 6.42 Å². The van der Waals surface area contributed by atoms with Gasteiger partial charge in [0, 0.05) is 18.5 Å². The van der Waals surface area contributed by atoms with Crippen molar-refractivity contribution in [2.75, 3.05) is 0 Å². The second-order valence-electron chi connectivity index (χ2n) is 4.07. The Kier molecular flexibility index (Phi) is 3.89. The number of halogens is 6. The highest BCUT2D eigenvalue weighted by Gasteiger charge is 2.45. The van der Waals surface area contributed by atoms with Gasteiger partial charge in [0.1, 0.15) is 5.69 Å². The fourth-order valence-electron chi connectivity index (χ4n) is 1.71. The smallest absolute Gasteiger partial charge is 0.263 e. The van der Waals surface area contributed by atoms with E-state index in [9.17, 15) is 26.3 Å². The van der Waals surface area contributed by atoms with E-state index in [0.717, 1.165) is 7.05 Å². The number of nitrogens with zero attached hydrogens (tertiary/aromatic N) is 2. The number of alkyl halides is 6. The minimum atomic E-state index is -4.95. The summed E-state index contributed by atoms with van der Waals surface area (Å²) in [6, 6.07) is 0. The van der Waals surface area contributed by atoms with Crippen molar-refractivity contribution in [2.45, 2.75) is 25.7 Å². The summed E-state index contributed by atoms with van der Waals surface area (Å²) in [7, 11) is 0.822. The van der Waals surface area contributed by atoms with E-state index in [4.69, 9.17) is 6.42 Å². The third-order valence-corrected chi connectivity index (χ3v) is 2.48. The Bertz CT molecular complexity index is 503. The molecule has 0 fully saturated rings. The van der Waals surface area contributed by atoms with Crippen molar-refractivity contribution in [3.8, 4) is 12.3 Å². The normalized spacial score (nSPS) is 14.3. The second-order valence-corrected chi connectivity index (χ2v) is 4.07. The summed E-state index contributed by atoms with van der Waals surface area (Å²) < 4.78 is 76.6. The molecule has 1 aromatic heterocycles. The molecule has 0 bridgehead atoms. The molecule has 1 rings (SSSR count). The van der Waals surface area contributed by atoms with E-state index in [2.05, 4.69) is 11.0 Å². The summed E-state index contributed by atoms with van der Waals surface area (Å²) in [6.45, 7) is 1.37. The lowest BCUT2D eigenvalue weighted by Gasteiger charge is -2.12. The first-order valence-corrected chi connectivity index (χ1v) is 5.14. The molecule has 0 amide bonds. The van der Waals surface area contributed by atoms with Gasteiger partial charge in [-0.1, -0.05) is 6.92 Å². The molecule has 0 aliphatic rings. The number of rotatable bonds is 2. The van der Waals surface area contributed by atoms with Gasteiger partial charge in [-0.2, -0.15) is 31.4 Å². The SMILES string of the molecule is C#CC(C)Cc1c(C(F)(F)F)nn(C)c1C(F)(F)F. The Labute approximate surface area is 105 Å². The standard InChI is InChI=1S/C11H10F6N2/c1-4-6(2)5-7-8(10(12,13)14)18-19(3)9(7)11(15,16)17/h1,6H,5H2,2-3H3. The van der Waals surface area contributed by atoms with Gasteiger partial charge < -0.3 is 0 Å². The highest BCUT2D eigenvalue weighted by Crippen LogP contribution is 2.39. The van der Waals surface area contributed by atoms with Crippen LogP contribution in [-0.2, 0) is 25.8 Å². The Morgan fingerprint density at radius 3 is 2.11 bits per heavy atom. The van der Waals surface area contributed by atoms with Gasteiger partial charge in [0.25, 0.3) is 0 Å². The van der Waals surface area contributed by atoms with Crippen LogP contribution in [0.3, 0.4) is 0 Å². The first kappa shape index (κ1) is 15.4. The predicted octanol–water partition coefficient (Wildman–Crippen LogP) is 3.27. The molecule has 1 atom stereocenters. The molecule has 1 unspecified atom stereocenters. The van der Waals surface area contributed by atoms with Crippen LogP contribution in [0.5, 0.6) is 0 Å². The molecule has 0 aliphatic heterocycles. The quantitative estimate of drug-likeness (QED) is 0.602. The van der Waals surface area contributed by atoms with Gasteiger partial charge in [-0.15, -0.1) is 12.3 Å². The van der Waals surface area contributed by atoms with Crippen LogP contribution < -0.4 is 0 Å². The molecule has 2 nitrogen and oxygen atoms in total. The Morgan fingerprint density at radius 2 is 1.74 bits per heavy atom. The average molecular weight is 284 g/mol. The molecule has 0 N–H and O–H groups in total. The summed E-state index contributed by atoms with van der Waals surface area (Å²) in [4.78, 5) is 0. The van der Waals surface area contributed by atoms with Gasteiger partial charge in [0.2, 0.25) is 0 Å². The molecule has 0 spiro atoms. The van der Waals surface area contributed by atoms with E-state index < -0.39 is 41.6 Å². The molecule has 0 saturated heterocycles. The Morgan fingerprint density at radius 1 is 1.21 bits per heavy atom. The van der Waals surface area contributed by atoms with Crippen LogP contribution in [0.1, 0.15) is 23.9 Å². The summed E-state index contributed by atoms with van der Waals surface area (Å²) in [5, 5.41) is 2.94. The lowest BCUT2D eigenvalue weighted by atomic mass is 9.99. The number of hydrogen-bond acceptors (Lipinski definition) is 1. The first-order valence-electron chi connectivity index (χ1n) is 5.14. The molecule has 8 heteroatoms. The van der Waals surface area contributed by atoms with Crippen LogP contribution in [0.2, 0.25) is 0 Å². The molecule has 0 saturated carbocycles. The maximum absolute atomic E-state index is 12.8. The van der Waals surface area contributed by atoms with Gasteiger partial charge >= 0.3 is 12.4 Å². The van der Waals surface area contributed by atoms with E-state index in [0.29, 0.717) is 0 Å². The minimum absolute atomic E-state index is 0.196. The van der Waals surface area contributed by atoms with Gasteiger partial charge in [-0.25, -0.2) is 0 Å². The van der Waals surface area contributed by atoms with Gasteiger partial charge in [0.05, 0.1) is 0 Å². The van der Waals surface area contributed by atoms with Crippen LogP contribution in [0.4, 0.5) is 26.3 Å². The van der Waals surface area contributed by atoms with Crippen LogP contribution in [0.15, 0.2) is 0 Å². The molecule has 19 heavy (non-hydrogen) atoms. The van der Waals surface area contributed by atoms with E-state index in [1.165, 1.54) is 6.92 Å². The van der Waals surface area contributed by atoms with Crippen molar-refractivity contribution in [3.05, 3.63) is 17.0 Å². The largest absolute Gasteiger partial charge is 0.435 e. The molecule has 0 aliphatic carbocycles. The highest BCUT2D eigenvalue weighted by molar-refractivity contribution is 5.32. The number of aromatic nitrogens is 2. The fraction of sp³-hybridized carbons (Fsp3) is 0.545. The van der Waals surface area contributed by atoms with E-state index in [-0.39, 0.29) is 4.68 Å². The molecule has 106 valence electrons. The zero-order valence-electron chi connectivity index (χ0n) is 10.0. The maximum atomic E-state index is 12.8. The lowest BCUT2D eigenvalue weighted by Crippen LogP contribution is -2.16. The third-order valence-electron chi connectivity index (χ3n) is 2.48. The van der Waals surface area contributed by atoms with Crippen molar-refractivity contribution >= 4 is 0 Å².